The number of hydrogen-bond donors (Lipinski definition) is 1. The number of ether oxygens (including phenoxy) is 1. The predicted molar refractivity (Wildman–Crippen MR) is 96.9 cm³/mol. The van der Waals surface area contributed by atoms with Gasteiger partial charge in [-0.3, -0.25) is 4.79 Å². The van der Waals surface area contributed by atoms with Crippen molar-refractivity contribution in [2.75, 3.05) is 12.4 Å². The number of carbonyl (C=O) groups excluding carboxylic acids is 1. The Balaban J connectivity index is 1.73. The van der Waals surface area contributed by atoms with Crippen molar-refractivity contribution in [3.8, 4) is 17.1 Å². The van der Waals surface area contributed by atoms with Crippen molar-refractivity contribution >= 4 is 22.6 Å². The van der Waals surface area contributed by atoms with Crippen molar-refractivity contribution in [3.63, 3.8) is 0 Å². The molecule has 1 N–H and O–H groups in total. The molecule has 1 amide bonds. The van der Waals surface area contributed by atoms with Gasteiger partial charge < -0.3 is 14.6 Å². The predicted octanol–water partition coefficient (Wildman–Crippen LogP) is 3.25. The number of halogens is 1. The van der Waals surface area contributed by atoms with Crippen LogP contribution >= 0.6 is 0 Å². The van der Waals surface area contributed by atoms with E-state index in [2.05, 4.69) is 15.3 Å². The Labute approximate surface area is 150 Å². The van der Waals surface area contributed by atoms with Crippen molar-refractivity contribution in [2.45, 2.75) is 19.5 Å². The summed E-state index contributed by atoms with van der Waals surface area (Å²) in [5.74, 6) is 0.116. The number of rotatable bonds is 4. The number of pyridine rings is 2. The third-order valence-electron chi connectivity index (χ3n) is 4.69. The third-order valence-corrected chi connectivity index (χ3v) is 4.69. The van der Waals surface area contributed by atoms with Crippen LogP contribution < -0.4 is 10.1 Å². The van der Waals surface area contributed by atoms with E-state index in [0.717, 1.165) is 27.7 Å². The van der Waals surface area contributed by atoms with E-state index >= 15 is 0 Å². The number of anilines is 1. The third kappa shape index (κ3) is 2.79. The summed E-state index contributed by atoms with van der Waals surface area (Å²) in [4.78, 5) is 20.5. The minimum Gasteiger partial charge on any atom is -0.481 e. The van der Waals surface area contributed by atoms with Crippen LogP contribution in [0.4, 0.5) is 10.2 Å². The Morgan fingerprint density at radius 3 is 2.77 bits per heavy atom. The van der Waals surface area contributed by atoms with Gasteiger partial charge in [-0.2, -0.15) is 0 Å². The highest BCUT2D eigenvalue weighted by Gasteiger charge is 2.43. The quantitative estimate of drug-likeness (QED) is 0.781. The van der Waals surface area contributed by atoms with Crippen LogP contribution in [-0.4, -0.2) is 33.7 Å². The van der Waals surface area contributed by atoms with E-state index in [1.165, 1.54) is 0 Å². The van der Waals surface area contributed by atoms with Crippen molar-refractivity contribution in [3.05, 3.63) is 36.2 Å². The van der Waals surface area contributed by atoms with Crippen molar-refractivity contribution in [1.82, 2.24) is 14.5 Å². The van der Waals surface area contributed by atoms with E-state index in [1.54, 1.807) is 25.6 Å². The zero-order valence-corrected chi connectivity index (χ0v) is 14.8. The maximum absolute atomic E-state index is 13.0. The van der Waals surface area contributed by atoms with Crippen molar-refractivity contribution < 1.29 is 13.9 Å². The number of alkyl halides is 1. The van der Waals surface area contributed by atoms with Crippen LogP contribution in [0.1, 0.15) is 12.0 Å². The van der Waals surface area contributed by atoms with E-state index in [9.17, 15) is 9.18 Å². The monoisotopic (exact) mass is 354 g/mol. The summed E-state index contributed by atoms with van der Waals surface area (Å²) in [6, 6.07) is 5.81. The van der Waals surface area contributed by atoms with Crippen LogP contribution in [0.25, 0.3) is 22.2 Å². The average molecular weight is 354 g/mol. The molecule has 0 spiro atoms. The number of aryl methyl sites for hydroxylation is 2. The number of aromatic nitrogens is 3. The molecule has 134 valence electrons. The van der Waals surface area contributed by atoms with Gasteiger partial charge in [0.25, 0.3) is 0 Å². The molecule has 1 aliphatic carbocycles. The second kappa shape index (κ2) is 6.09. The molecule has 1 fully saturated rings. The Hall–Kier alpha value is -2.96. The lowest BCUT2D eigenvalue weighted by atomic mass is 10.1. The molecule has 3 aromatic heterocycles. The molecule has 3 heterocycles. The number of nitrogens with zero attached hydrogens (tertiary/aromatic N) is 3. The topological polar surface area (TPSA) is 69.0 Å². The number of amides is 1. The largest absolute Gasteiger partial charge is 0.481 e. The van der Waals surface area contributed by atoms with Gasteiger partial charge in [0.1, 0.15) is 12.0 Å². The fraction of sp³-hybridized carbons (Fsp3) is 0.316. The number of carbonyl (C=O) groups is 1. The van der Waals surface area contributed by atoms with Gasteiger partial charge in [0.15, 0.2) is 0 Å². The number of methoxy groups -OCH3 is 1. The Bertz CT molecular complexity index is 1010. The molecule has 7 heteroatoms. The highest BCUT2D eigenvalue weighted by atomic mass is 19.1. The summed E-state index contributed by atoms with van der Waals surface area (Å²) >= 11 is 0. The molecule has 26 heavy (non-hydrogen) atoms. The molecular formula is C19H19FN4O2. The number of fused-ring (bicyclic) bond motifs is 1. The minimum absolute atomic E-state index is 0.295. The molecule has 1 saturated carbocycles. The van der Waals surface area contributed by atoms with E-state index < -0.39 is 12.1 Å². The summed E-state index contributed by atoms with van der Waals surface area (Å²) in [5.41, 5.74) is 3.76. The van der Waals surface area contributed by atoms with Crippen LogP contribution in [0.2, 0.25) is 0 Å². The van der Waals surface area contributed by atoms with Crippen molar-refractivity contribution in [1.29, 1.82) is 0 Å². The maximum atomic E-state index is 13.0. The van der Waals surface area contributed by atoms with Crippen LogP contribution in [0.3, 0.4) is 0 Å². The first-order valence-electron chi connectivity index (χ1n) is 8.39. The smallest absolute Gasteiger partial charge is 0.231 e. The van der Waals surface area contributed by atoms with Gasteiger partial charge in [0.05, 0.1) is 36.0 Å². The van der Waals surface area contributed by atoms with E-state index in [4.69, 9.17) is 4.74 Å². The lowest BCUT2D eigenvalue weighted by Crippen LogP contribution is -2.15. The molecule has 6 nitrogen and oxygen atoms in total. The molecule has 2 atom stereocenters. The first kappa shape index (κ1) is 16.5. The van der Waals surface area contributed by atoms with Crippen molar-refractivity contribution in [2.24, 2.45) is 13.0 Å². The van der Waals surface area contributed by atoms with Gasteiger partial charge in [-0.15, -0.1) is 0 Å². The molecule has 0 saturated heterocycles. The second-order valence-electron chi connectivity index (χ2n) is 6.63. The van der Waals surface area contributed by atoms with Gasteiger partial charge in [0.2, 0.25) is 11.8 Å². The SMILES string of the molecule is COc1ncc(C)cc1-c1cc2cc(NC(=O)C3CC3F)ncc2n1C. The molecule has 0 aromatic carbocycles. The molecule has 0 bridgehead atoms. The molecule has 3 aromatic rings. The summed E-state index contributed by atoms with van der Waals surface area (Å²) in [6.45, 7) is 1.98. The van der Waals surface area contributed by atoms with Crippen LogP contribution in [-0.2, 0) is 11.8 Å². The minimum atomic E-state index is -1.02. The fourth-order valence-corrected chi connectivity index (χ4v) is 3.12. The summed E-state index contributed by atoms with van der Waals surface area (Å²) in [7, 11) is 3.53. The van der Waals surface area contributed by atoms with Crippen LogP contribution in [0.15, 0.2) is 30.6 Å². The maximum Gasteiger partial charge on any atom is 0.231 e. The first-order chi connectivity index (χ1) is 12.5. The fourth-order valence-electron chi connectivity index (χ4n) is 3.12. The zero-order chi connectivity index (χ0) is 18.4. The molecule has 2 unspecified atom stereocenters. The lowest BCUT2D eigenvalue weighted by Gasteiger charge is -2.09. The molecule has 1 aliphatic rings. The first-order valence-corrected chi connectivity index (χ1v) is 8.39. The van der Waals surface area contributed by atoms with E-state index in [0.29, 0.717) is 18.1 Å². The molecule has 4 rings (SSSR count). The zero-order valence-electron chi connectivity index (χ0n) is 14.8. The molecular weight excluding hydrogens is 335 g/mol. The normalized spacial score (nSPS) is 18.8. The molecule has 0 aliphatic heterocycles. The van der Waals surface area contributed by atoms with Gasteiger partial charge in [-0.05, 0) is 37.1 Å². The van der Waals surface area contributed by atoms with Gasteiger partial charge in [-0.1, -0.05) is 0 Å². The van der Waals surface area contributed by atoms with Gasteiger partial charge in [0, 0.05) is 18.6 Å². The van der Waals surface area contributed by atoms with Crippen LogP contribution in [0.5, 0.6) is 5.88 Å². The Morgan fingerprint density at radius 1 is 1.31 bits per heavy atom. The highest BCUT2D eigenvalue weighted by molar-refractivity contribution is 5.96. The van der Waals surface area contributed by atoms with Gasteiger partial charge >= 0.3 is 0 Å². The summed E-state index contributed by atoms with van der Waals surface area (Å²) in [5, 5.41) is 3.61. The summed E-state index contributed by atoms with van der Waals surface area (Å²) < 4.78 is 20.4. The second-order valence-corrected chi connectivity index (χ2v) is 6.63. The summed E-state index contributed by atoms with van der Waals surface area (Å²) in [6.07, 6.45) is 2.73. The van der Waals surface area contributed by atoms with E-state index in [1.807, 2.05) is 30.7 Å². The Kier molecular flexibility index (Phi) is 3.86. The number of nitrogens with one attached hydrogen (secondary N) is 1. The van der Waals surface area contributed by atoms with E-state index in [-0.39, 0.29) is 5.91 Å². The lowest BCUT2D eigenvalue weighted by molar-refractivity contribution is -0.117. The number of hydrogen-bond acceptors (Lipinski definition) is 4. The highest BCUT2D eigenvalue weighted by Crippen LogP contribution is 2.36. The van der Waals surface area contributed by atoms with Gasteiger partial charge in [-0.25, -0.2) is 14.4 Å². The van der Waals surface area contributed by atoms with Crippen LogP contribution in [0, 0.1) is 12.8 Å². The average Bonchev–Trinajstić information content (AvgIpc) is 3.27. The Morgan fingerprint density at radius 2 is 2.08 bits per heavy atom. The standard InChI is InChI=1S/C19H19FN4O2/c1-10-4-13(19(26-3)22-8-10)15-5-11-6-17(21-9-16(11)24(15)2)23-18(25)12-7-14(12)20/h4-6,8-9,12,14H,7H2,1-3H3,(H,21,23,25). The molecule has 0 radical (unpaired) electrons.